The first kappa shape index (κ1) is 22.5. The predicted octanol–water partition coefficient (Wildman–Crippen LogP) is 3.62. The second-order valence-corrected chi connectivity index (χ2v) is 7.26. The molecule has 0 bridgehead atoms. The fourth-order valence-electron chi connectivity index (χ4n) is 3.14. The molecular formula is C19H27Cl2N3O2. The van der Waals surface area contributed by atoms with E-state index in [4.69, 9.17) is 10.2 Å². The summed E-state index contributed by atoms with van der Waals surface area (Å²) >= 11 is 0. The summed E-state index contributed by atoms with van der Waals surface area (Å²) in [5, 5.41) is 0. The molecule has 1 aliphatic rings. The van der Waals surface area contributed by atoms with Crippen molar-refractivity contribution in [2.45, 2.75) is 39.7 Å². The summed E-state index contributed by atoms with van der Waals surface area (Å²) in [6, 6.07) is 9.88. The van der Waals surface area contributed by atoms with Crippen LogP contribution in [-0.2, 0) is 11.2 Å². The summed E-state index contributed by atoms with van der Waals surface area (Å²) < 4.78 is 5.75. The van der Waals surface area contributed by atoms with E-state index in [2.05, 4.69) is 18.8 Å². The van der Waals surface area contributed by atoms with E-state index in [9.17, 15) is 4.79 Å². The minimum atomic E-state index is -0.0536. The fourth-order valence-corrected chi connectivity index (χ4v) is 3.14. The maximum Gasteiger partial charge on any atom is 0.228 e. The van der Waals surface area contributed by atoms with Gasteiger partial charge >= 0.3 is 0 Å². The zero-order valence-electron chi connectivity index (χ0n) is 15.4. The van der Waals surface area contributed by atoms with Crippen molar-refractivity contribution in [3.8, 4) is 11.5 Å². The molecule has 0 aliphatic carbocycles. The highest BCUT2D eigenvalue weighted by atomic mass is 35.5. The van der Waals surface area contributed by atoms with E-state index in [0.29, 0.717) is 30.4 Å². The molecule has 1 saturated heterocycles. The van der Waals surface area contributed by atoms with E-state index in [0.717, 1.165) is 12.0 Å². The molecule has 1 atom stereocenters. The van der Waals surface area contributed by atoms with Crippen LogP contribution >= 0.6 is 24.8 Å². The number of likely N-dealkylation sites (tertiary alicyclic amines) is 1. The fraction of sp³-hybridized carbons (Fsp3) is 0.474. The Bertz CT molecular complexity index is 732. The van der Waals surface area contributed by atoms with Gasteiger partial charge in [0.25, 0.3) is 0 Å². The molecule has 7 heteroatoms. The van der Waals surface area contributed by atoms with Gasteiger partial charge in [-0.15, -0.1) is 24.8 Å². The summed E-state index contributed by atoms with van der Waals surface area (Å²) in [6.07, 6.45) is 1.11. The van der Waals surface area contributed by atoms with Gasteiger partial charge in [-0.05, 0) is 30.9 Å². The molecule has 0 saturated carbocycles. The summed E-state index contributed by atoms with van der Waals surface area (Å²) in [5.74, 6) is 1.36. The van der Waals surface area contributed by atoms with E-state index in [1.165, 1.54) is 0 Å². The molecule has 5 nitrogen and oxygen atoms in total. The number of hydrogen-bond donors (Lipinski definition) is 1. The van der Waals surface area contributed by atoms with E-state index in [1.54, 1.807) is 0 Å². The molecule has 1 aliphatic heterocycles. The minimum Gasteiger partial charge on any atom is -0.441 e. The van der Waals surface area contributed by atoms with E-state index < -0.39 is 0 Å². The summed E-state index contributed by atoms with van der Waals surface area (Å²) in [4.78, 5) is 19.1. The molecule has 2 aromatic rings. The van der Waals surface area contributed by atoms with Crippen LogP contribution in [0.15, 0.2) is 34.7 Å². The Balaban J connectivity index is 0.00000169. The molecule has 144 valence electrons. The Morgan fingerprint density at radius 1 is 1.31 bits per heavy atom. The van der Waals surface area contributed by atoms with Gasteiger partial charge in [0, 0.05) is 24.7 Å². The van der Waals surface area contributed by atoms with Crippen molar-refractivity contribution < 1.29 is 9.21 Å². The van der Waals surface area contributed by atoms with Gasteiger partial charge in [0.1, 0.15) is 5.76 Å². The lowest BCUT2D eigenvalue weighted by molar-refractivity contribution is -0.133. The first-order valence-electron chi connectivity index (χ1n) is 8.42. The average Bonchev–Trinajstić information content (AvgIpc) is 2.91. The maximum atomic E-state index is 12.7. The summed E-state index contributed by atoms with van der Waals surface area (Å²) in [5.41, 5.74) is 7.74. The molecule has 1 unspecified atom stereocenters. The van der Waals surface area contributed by atoms with Gasteiger partial charge in [-0.3, -0.25) is 4.79 Å². The van der Waals surface area contributed by atoms with Crippen molar-refractivity contribution in [3.63, 3.8) is 0 Å². The van der Waals surface area contributed by atoms with E-state index >= 15 is 0 Å². The second kappa shape index (κ2) is 8.89. The first-order valence-corrected chi connectivity index (χ1v) is 8.42. The SMILES string of the molecule is Cc1oc(-c2ccccc2)nc1CC(=O)N1CCC(N)C(C)(C)C1.Cl.Cl. The van der Waals surface area contributed by atoms with Crippen molar-refractivity contribution in [2.75, 3.05) is 13.1 Å². The molecule has 1 aromatic carbocycles. The second-order valence-electron chi connectivity index (χ2n) is 7.26. The Labute approximate surface area is 167 Å². The van der Waals surface area contributed by atoms with Gasteiger partial charge in [0.15, 0.2) is 0 Å². The first-order chi connectivity index (χ1) is 11.4. The van der Waals surface area contributed by atoms with Crippen molar-refractivity contribution in [1.29, 1.82) is 0 Å². The van der Waals surface area contributed by atoms with Gasteiger partial charge in [-0.2, -0.15) is 0 Å². The van der Waals surface area contributed by atoms with Crippen molar-refractivity contribution >= 4 is 30.7 Å². The van der Waals surface area contributed by atoms with Gasteiger partial charge in [0.2, 0.25) is 11.8 Å². The van der Waals surface area contributed by atoms with E-state index in [1.807, 2.05) is 42.2 Å². The Kier molecular flexibility index (Phi) is 7.69. The maximum absolute atomic E-state index is 12.7. The standard InChI is InChI=1S/C19H25N3O2.2ClH/c1-13-15(21-18(24-13)14-7-5-4-6-8-14)11-17(23)22-10-9-16(20)19(2,3)12-22;;/h4-8,16H,9-12,20H2,1-3H3;2*1H. The molecule has 1 fully saturated rings. The Morgan fingerprint density at radius 2 is 1.96 bits per heavy atom. The normalized spacial score (nSPS) is 18.6. The molecule has 2 heterocycles. The van der Waals surface area contributed by atoms with Crippen LogP contribution in [0.1, 0.15) is 31.7 Å². The summed E-state index contributed by atoms with van der Waals surface area (Å²) in [6.45, 7) is 7.50. The van der Waals surface area contributed by atoms with Crippen LogP contribution in [0.25, 0.3) is 11.5 Å². The quantitative estimate of drug-likeness (QED) is 0.854. The summed E-state index contributed by atoms with van der Waals surface area (Å²) in [7, 11) is 0. The van der Waals surface area contributed by atoms with E-state index in [-0.39, 0.29) is 48.6 Å². The number of nitrogens with two attached hydrogens (primary N) is 1. The predicted molar refractivity (Wildman–Crippen MR) is 108 cm³/mol. The highest BCUT2D eigenvalue weighted by Crippen LogP contribution is 2.28. The molecule has 1 amide bonds. The number of piperidine rings is 1. The van der Waals surface area contributed by atoms with Crippen LogP contribution in [-0.4, -0.2) is 34.9 Å². The monoisotopic (exact) mass is 399 g/mol. The average molecular weight is 400 g/mol. The van der Waals surface area contributed by atoms with Crippen LogP contribution in [0, 0.1) is 12.3 Å². The Hall–Kier alpha value is -1.56. The van der Waals surface area contributed by atoms with Gasteiger partial charge in [-0.1, -0.05) is 32.0 Å². The number of hydrogen-bond acceptors (Lipinski definition) is 4. The molecule has 3 rings (SSSR count). The number of nitrogens with zero attached hydrogens (tertiary/aromatic N) is 2. The number of aryl methyl sites for hydroxylation is 1. The molecule has 2 N–H and O–H groups in total. The molecule has 26 heavy (non-hydrogen) atoms. The number of benzene rings is 1. The molecule has 0 radical (unpaired) electrons. The third-order valence-electron chi connectivity index (χ3n) is 4.90. The largest absolute Gasteiger partial charge is 0.441 e. The number of rotatable bonds is 3. The number of oxazole rings is 1. The smallest absolute Gasteiger partial charge is 0.228 e. The van der Waals surface area contributed by atoms with Gasteiger partial charge in [0.05, 0.1) is 12.1 Å². The van der Waals surface area contributed by atoms with Crippen molar-refractivity contribution in [2.24, 2.45) is 11.1 Å². The Morgan fingerprint density at radius 3 is 2.58 bits per heavy atom. The minimum absolute atomic E-state index is 0. The molecule has 0 spiro atoms. The molecule has 1 aromatic heterocycles. The lowest BCUT2D eigenvalue weighted by Crippen LogP contribution is -2.54. The van der Waals surface area contributed by atoms with Crippen LogP contribution < -0.4 is 5.73 Å². The van der Waals surface area contributed by atoms with Gasteiger partial charge < -0.3 is 15.1 Å². The zero-order chi connectivity index (χ0) is 17.3. The highest BCUT2D eigenvalue weighted by molar-refractivity contribution is 5.85. The van der Waals surface area contributed by atoms with Crippen molar-refractivity contribution in [1.82, 2.24) is 9.88 Å². The number of aromatic nitrogens is 1. The number of carbonyl (C=O) groups excluding carboxylic acids is 1. The van der Waals surface area contributed by atoms with Crippen LogP contribution in [0.3, 0.4) is 0 Å². The molecular weight excluding hydrogens is 373 g/mol. The lowest BCUT2D eigenvalue weighted by atomic mass is 9.79. The topological polar surface area (TPSA) is 72.4 Å². The third kappa shape index (κ3) is 4.78. The van der Waals surface area contributed by atoms with Crippen LogP contribution in [0.5, 0.6) is 0 Å². The number of amides is 1. The number of halogens is 2. The van der Waals surface area contributed by atoms with Gasteiger partial charge in [-0.25, -0.2) is 4.98 Å². The lowest BCUT2D eigenvalue weighted by Gasteiger charge is -2.42. The third-order valence-corrected chi connectivity index (χ3v) is 4.90. The number of carbonyl (C=O) groups is 1. The highest BCUT2D eigenvalue weighted by Gasteiger charge is 2.35. The zero-order valence-corrected chi connectivity index (χ0v) is 17.0. The van der Waals surface area contributed by atoms with Crippen molar-refractivity contribution in [3.05, 3.63) is 41.8 Å². The van der Waals surface area contributed by atoms with Crippen LogP contribution in [0.4, 0.5) is 0 Å². The van der Waals surface area contributed by atoms with Crippen LogP contribution in [0.2, 0.25) is 0 Å².